The van der Waals surface area contributed by atoms with E-state index in [4.69, 9.17) is 5.11 Å². The first-order chi connectivity index (χ1) is 9.15. The predicted octanol–water partition coefficient (Wildman–Crippen LogP) is 0.383. The van der Waals surface area contributed by atoms with Gasteiger partial charge in [0.15, 0.2) is 0 Å². The minimum atomic E-state index is -0.609. The van der Waals surface area contributed by atoms with Gasteiger partial charge in [0.05, 0.1) is 0 Å². The van der Waals surface area contributed by atoms with Crippen LogP contribution in [-0.2, 0) is 16.0 Å². The van der Waals surface area contributed by atoms with Crippen molar-refractivity contribution < 1.29 is 14.7 Å². The smallest absolute Gasteiger partial charge is 0.316 e. The molecule has 1 heterocycles. The van der Waals surface area contributed by atoms with Gasteiger partial charge in [-0.3, -0.25) is 9.59 Å². The highest BCUT2D eigenvalue weighted by Crippen LogP contribution is 2.30. The maximum Gasteiger partial charge on any atom is 0.316 e. The van der Waals surface area contributed by atoms with E-state index in [1.807, 2.05) is 25.1 Å². The summed E-state index contributed by atoms with van der Waals surface area (Å²) in [6, 6.07) is 5.77. The number of nitrogens with one attached hydrogen (secondary N) is 1. The number of aliphatic hydroxyl groups excluding tert-OH is 1. The standard InChI is InChI=1S/C14H18N2O3/c1-10-4-2-5-12-11(10)6-8-16(12)14(19)13(18)15-7-3-9-17/h2,4-5,17H,3,6-9H2,1H3,(H,15,18). The van der Waals surface area contributed by atoms with Gasteiger partial charge in [-0.15, -0.1) is 0 Å². The van der Waals surface area contributed by atoms with Crippen LogP contribution in [0.4, 0.5) is 5.69 Å². The normalized spacial score (nSPS) is 13.3. The van der Waals surface area contributed by atoms with Crippen molar-refractivity contribution in [2.75, 3.05) is 24.6 Å². The molecule has 0 fully saturated rings. The minimum absolute atomic E-state index is 0.000211. The number of carbonyl (C=O) groups excluding carboxylic acids is 2. The average Bonchev–Trinajstić information content (AvgIpc) is 2.83. The van der Waals surface area contributed by atoms with Crippen LogP contribution in [0.5, 0.6) is 0 Å². The van der Waals surface area contributed by atoms with E-state index in [9.17, 15) is 9.59 Å². The van der Waals surface area contributed by atoms with Crippen molar-refractivity contribution in [1.82, 2.24) is 5.32 Å². The largest absolute Gasteiger partial charge is 0.396 e. The van der Waals surface area contributed by atoms with Gasteiger partial charge in [0.1, 0.15) is 0 Å². The number of aryl methyl sites for hydroxylation is 1. The minimum Gasteiger partial charge on any atom is -0.396 e. The Bertz CT molecular complexity index is 499. The van der Waals surface area contributed by atoms with Crippen molar-refractivity contribution in [3.05, 3.63) is 29.3 Å². The Labute approximate surface area is 112 Å². The van der Waals surface area contributed by atoms with Crippen LogP contribution in [0.2, 0.25) is 0 Å². The summed E-state index contributed by atoms with van der Waals surface area (Å²) in [6.07, 6.45) is 1.24. The van der Waals surface area contributed by atoms with E-state index in [-0.39, 0.29) is 6.61 Å². The lowest BCUT2D eigenvalue weighted by molar-refractivity contribution is -0.137. The summed E-state index contributed by atoms with van der Waals surface area (Å²) in [5.74, 6) is -1.13. The molecule has 0 saturated heterocycles. The molecule has 0 bridgehead atoms. The maximum atomic E-state index is 12.1. The monoisotopic (exact) mass is 262 g/mol. The molecule has 2 amide bonds. The fraction of sp³-hybridized carbons (Fsp3) is 0.429. The van der Waals surface area contributed by atoms with Gasteiger partial charge in [-0.1, -0.05) is 12.1 Å². The number of hydrogen-bond donors (Lipinski definition) is 2. The molecular weight excluding hydrogens is 244 g/mol. The first-order valence-corrected chi connectivity index (χ1v) is 6.44. The summed E-state index contributed by atoms with van der Waals surface area (Å²) in [5.41, 5.74) is 3.12. The van der Waals surface area contributed by atoms with Crippen LogP contribution in [0.15, 0.2) is 18.2 Å². The van der Waals surface area contributed by atoms with Crippen molar-refractivity contribution in [3.8, 4) is 0 Å². The number of carbonyl (C=O) groups is 2. The molecule has 5 nitrogen and oxygen atoms in total. The van der Waals surface area contributed by atoms with Crippen molar-refractivity contribution in [1.29, 1.82) is 0 Å². The van der Waals surface area contributed by atoms with Gasteiger partial charge in [-0.05, 0) is 37.0 Å². The number of rotatable bonds is 3. The molecule has 102 valence electrons. The number of fused-ring (bicyclic) bond motifs is 1. The second kappa shape index (κ2) is 5.84. The highest BCUT2D eigenvalue weighted by atomic mass is 16.3. The van der Waals surface area contributed by atoms with Gasteiger partial charge >= 0.3 is 11.8 Å². The number of aliphatic hydroxyl groups is 1. The molecule has 0 saturated carbocycles. The van der Waals surface area contributed by atoms with Crippen molar-refractivity contribution in [2.45, 2.75) is 19.8 Å². The van der Waals surface area contributed by atoms with Crippen LogP contribution in [-0.4, -0.2) is 36.6 Å². The molecule has 1 aromatic rings. The van der Waals surface area contributed by atoms with E-state index in [0.29, 0.717) is 19.5 Å². The number of nitrogens with zero attached hydrogens (tertiary/aromatic N) is 1. The van der Waals surface area contributed by atoms with Crippen LogP contribution >= 0.6 is 0 Å². The molecule has 2 N–H and O–H groups in total. The molecule has 19 heavy (non-hydrogen) atoms. The quantitative estimate of drug-likeness (QED) is 0.611. The van der Waals surface area contributed by atoms with Gasteiger partial charge in [0.2, 0.25) is 0 Å². The van der Waals surface area contributed by atoms with Crippen LogP contribution < -0.4 is 10.2 Å². The van der Waals surface area contributed by atoms with Gasteiger partial charge in [0, 0.05) is 25.4 Å². The van der Waals surface area contributed by atoms with E-state index in [1.165, 1.54) is 4.90 Å². The Morgan fingerprint density at radius 1 is 1.42 bits per heavy atom. The molecule has 0 radical (unpaired) electrons. The third-order valence-corrected chi connectivity index (χ3v) is 3.32. The van der Waals surface area contributed by atoms with Gasteiger partial charge in [-0.25, -0.2) is 0 Å². The van der Waals surface area contributed by atoms with Crippen molar-refractivity contribution >= 4 is 17.5 Å². The third kappa shape index (κ3) is 2.76. The topological polar surface area (TPSA) is 69.6 Å². The maximum absolute atomic E-state index is 12.1. The van der Waals surface area contributed by atoms with Gasteiger partial charge in [0.25, 0.3) is 0 Å². The zero-order valence-corrected chi connectivity index (χ0v) is 11.0. The zero-order chi connectivity index (χ0) is 13.8. The molecule has 0 atom stereocenters. The predicted molar refractivity (Wildman–Crippen MR) is 71.9 cm³/mol. The molecule has 1 aliphatic rings. The van der Waals surface area contributed by atoms with E-state index in [0.717, 1.165) is 23.2 Å². The summed E-state index contributed by atoms with van der Waals surface area (Å²) in [7, 11) is 0. The van der Waals surface area contributed by atoms with Crippen LogP contribution in [0.25, 0.3) is 0 Å². The Balaban J connectivity index is 2.07. The van der Waals surface area contributed by atoms with E-state index >= 15 is 0 Å². The fourth-order valence-electron chi connectivity index (χ4n) is 2.30. The van der Waals surface area contributed by atoms with E-state index in [2.05, 4.69) is 5.32 Å². The molecule has 0 unspecified atom stereocenters. The van der Waals surface area contributed by atoms with E-state index in [1.54, 1.807) is 0 Å². The second-order valence-corrected chi connectivity index (χ2v) is 4.61. The summed E-state index contributed by atoms with van der Waals surface area (Å²) in [5, 5.41) is 11.2. The van der Waals surface area contributed by atoms with Crippen LogP contribution in [0, 0.1) is 6.92 Å². The zero-order valence-electron chi connectivity index (χ0n) is 11.0. The Hall–Kier alpha value is -1.88. The molecule has 1 aromatic carbocycles. The lowest BCUT2D eigenvalue weighted by Gasteiger charge is -2.17. The molecule has 0 aromatic heterocycles. The first kappa shape index (κ1) is 13.5. The Morgan fingerprint density at radius 3 is 2.95 bits per heavy atom. The highest BCUT2D eigenvalue weighted by Gasteiger charge is 2.29. The van der Waals surface area contributed by atoms with Gasteiger partial charge < -0.3 is 15.3 Å². The molecule has 0 spiro atoms. The molecule has 0 aliphatic carbocycles. The van der Waals surface area contributed by atoms with Crippen molar-refractivity contribution in [3.63, 3.8) is 0 Å². The lowest BCUT2D eigenvalue weighted by Crippen LogP contribution is -2.42. The Morgan fingerprint density at radius 2 is 2.21 bits per heavy atom. The van der Waals surface area contributed by atoms with Gasteiger partial charge in [-0.2, -0.15) is 0 Å². The summed E-state index contributed by atoms with van der Waals surface area (Å²) >= 11 is 0. The summed E-state index contributed by atoms with van der Waals surface area (Å²) in [6.45, 7) is 2.87. The van der Waals surface area contributed by atoms with Crippen molar-refractivity contribution in [2.24, 2.45) is 0 Å². The number of hydrogen-bond acceptors (Lipinski definition) is 3. The van der Waals surface area contributed by atoms with Crippen LogP contribution in [0.3, 0.4) is 0 Å². The van der Waals surface area contributed by atoms with Crippen LogP contribution in [0.1, 0.15) is 17.5 Å². The molecule has 1 aliphatic heterocycles. The average molecular weight is 262 g/mol. The molecule has 5 heteroatoms. The molecular formula is C14H18N2O3. The summed E-state index contributed by atoms with van der Waals surface area (Å²) < 4.78 is 0. The number of anilines is 1. The fourth-order valence-corrected chi connectivity index (χ4v) is 2.30. The first-order valence-electron chi connectivity index (χ1n) is 6.44. The summed E-state index contributed by atoms with van der Waals surface area (Å²) in [4.78, 5) is 25.3. The molecule has 2 rings (SSSR count). The second-order valence-electron chi connectivity index (χ2n) is 4.61. The highest BCUT2D eigenvalue weighted by molar-refractivity contribution is 6.40. The number of amides is 2. The number of benzene rings is 1. The lowest BCUT2D eigenvalue weighted by atomic mass is 10.1. The SMILES string of the molecule is Cc1cccc2c1CCN2C(=O)C(=O)NCCCO. The van der Waals surface area contributed by atoms with E-state index < -0.39 is 11.8 Å². The third-order valence-electron chi connectivity index (χ3n) is 3.32. The Kier molecular flexibility index (Phi) is 4.16.